The van der Waals surface area contributed by atoms with E-state index in [4.69, 9.17) is 4.42 Å². The van der Waals surface area contributed by atoms with Gasteiger partial charge in [0.05, 0.1) is 19.2 Å². The number of rotatable bonds is 5. The highest BCUT2D eigenvalue weighted by atomic mass is 19.1. The van der Waals surface area contributed by atoms with Crippen LogP contribution in [0.15, 0.2) is 41.0 Å². The molecule has 0 amide bonds. The molecular formula is C15H16FNO3. The number of hydrogen-bond donors (Lipinski definition) is 1. The molecule has 0 spiro atoms. The van der Waals surface area contributed by atoms with E-state index in [0.29, 0.717) is 23.4 Å². The molecule has 1 aromatic heterocycles. The number of carbonyl (C=O) groups excluding carboxylic acids is 1. The number of ether oxygens (including phenoxy) is 1. The van der Waals surface area contributed by atoms with Crippen LogP contribution in [0.1, 0.15) is 34.6 Å². The van der Waals surface area contributed by atoms with Gasteiger partial charge in [-0.3, -0.25) is 0 Å². The largest absolute Gasteiger partial charge is 0.467 e. The van der Waals surface area contributed by atoms with E-state index < -0.39 is 5.97 Å². The molecule has 0 unspecified atom stereocenters. The van der Waals surface area contributed by atoms with Gasteiger partial charge in [0.25, 0.3) is 0 Å². The maximum absolute atomic E-state index is 13.6. The monoisotopic (exact) mass is 277 g/mol. The Kier molecular flexibility index (Phi) is 4.53. The molecule has 1 N–H and O–H groups in total. The van der Waals surface area contributed by atoms with E-state index >= 15 is 0 Å². The fourth-order valence-electron chi connectivity index (χ4n) is 1.89. The maximum atomic E-state index is 13.6. The fraction of sp³-hybridized carbons (Fsp3) is 0.267. The predicted molar refractivity (Wildman–Crippen MR) is 71.7 cm³/mol. The summed E-state index contributed by atoms with van der Waals surface area (Å²) in [7, 11) is 1.31. The zero-order chi connectivity index (χ0) is 14.5. The molecule has 0 aliphatic carbocycles. The Morgan fingerprint density at radius 2 is 2.20 bits per heavy atom. The van der Waals surface area contributed by atoms with Gasteiger partial charge < -0.3 is 14.5 Å². The summed E-state index contributed by atoms with van der Waals surface area (Å²) in [5.74, 6) is -0.0991. The van der Waals surface area contributed by atoms with Crippen LogP contribution in [0.2, 0.25) is 0 Å². The van der Waals surface area contributed by atoms with Crippen molar-refractivity contribution in [2.24, 2.45) is 0 Å². The second-order valence-electron chi connectivity index (χ2n) is 4.42. The first-order valence-electron chi connectivity index (χ1n) is 6.25. The molecule has 2 rings (SSSR count). The molecule has 0 aliphatic rings. The molecule has 0 aliphatic heterocycles. The average molecular weight is 277 g/mol. The predicted octanol–water partition coefficient (Wildman–Crippen LogP) is 3.06. The molecule has 0 saturated carbocycles. The molecule has 2 aromatic rings. The number of furan rings is 1. The summed E-state index contributed by atoms with van der Waals surface area (Å²) >= 11 is 0. The van der Waals surface area contributed by atoms with Crippen LogP contribution in [0.25, 0.3) is 0 Å². The van der Waals surface area contributed by atoms with Crippen LogP contribution in [0.3, 0.4) is 0 Å². The highest BCUT2D eigenvalue weighted by molar-refractivity contribution is 5.88. The summed E-state index contributed by atoms with van der Waals surface area (Å²) in [6.45, 7) is 2.26. The third kappa shape index (κ3) is 3.24. The van der Waals surface area contributed by atoms with E-state index in [1.165, 1.54) is 19.4 Å². The topological polar surface area (TPSA) is 51.5 Å². The fourth-order valence-corrected chi connectivity index (χ4v) is 1.89. The molecule has 20 heavy (non-hydrogen) atoms. The van der Waals surface area contributed by atoms with Gasteiger partial charge in [-0.1, -0.05) is 18.2 Å². The normalized spacial score (nSPS) is 12.2. The molecule has 4 nitrogen and oxygen atoms in total. The highest BCUT2D eigenvalue weighted by Gasteiger charge is 2.13. The van der Waals surface area contributed by atoms with Crippen LogP contribution in [0, 0.1) is 5.82 Å². The van der Waals surface area contributed by atoms with Gasteiger partial charge in [0, 0.05) is 11.6 Å². The van der Waals surface area contributed by atoms with Crippen molar-refractivity contribution in [1.29, 1.82) is 0 Å². The van der Waals surface area contributed by atoms with E-state index in [2.05, 4.69) is 10.1 Å². The minimum Gasteiger partial charge on any atom is -0.467 e. The Morgan fingerprint density at radius 1 is 1.45 bits per heavy atom. The Labute approximate surface area is 116 Å². The molecule has 0 fully saturated rings. The van der Waals surface area contributed by atoms with Crippen LogP contribution in [-0.4, -0.2) is 13.1 Å². The van der Waals surface area contributed by atoms with Crippen molar-refractivity contribution in [2.75, 3.05) is 7.11 Å². The van der Waals surface area contributed by atoms with E-state index in [-0.39, 0.29) is 11.9 Å². The van der Waals surface area contributed by atoms with Crippen molar-refractivity contribution in [3.63, 3.8) is 0 Å². The van der Waals surface area contributed by atoms with E-state index in [0.717, 1.165) is 0 Å². The summed E-state index contributed by atoms with van der Waals surface area (Å²) in [6, 6.07) is 8.04. The maximum Gasteiger partial charge on any atom is 0.341 e. The molecule has 1 heterocycles. The van der Waals surface area contributed by atoms with Crippen molar-refractivity contribution in [1.82, 2.24) is 5.32 Å². The van der Waals surface area contributed by atoms with Crippen LogP contribution in [0.4, 0.5) is 4.39 Å². The zero-order valence-electron chi connectivity index (χ0n) is 11.4. The first-order valence-corrected chi connectivity index (χ1v) is 6.25. The minimum absolute atomic E-state index is 0.164. The Balaban J connectivity index is 1.97. The van der Waals surface area contributed by atoms with Gasteiger partial charge in [-0.15, -0.1) is 0 Å². The Bertz CT molecular complexity index is 594. The smallest absolute Gasteiger partial charge is 0.341 e. The standard InChI is InChI=1S/C15H16FNO3/c1-10(13-5-3-4-6-14(13)16)17-8-12-7-11(9-20-12)15(18)19-2/h3-7,9-10,17H,8H2,1-2H3/t10-/m1/s1. The number of halogens is 1. The van der Waals surface area contributed by atoms with Gasteiger partial charge in [-0.2, -0.15) is 0 Å². The summed E-state index contributed by atoms with van der Waals surface area (Å²) in [5.41, 5.74) is 0.954. The third-order valence-electron chi connectivity index (χ3n) is 3.03. The van der Waals surface area contributed by atoms with Gasteiger partial charge in [0.15, 0.2) is 0 Å². The number of nitrogens with one attached hydrogen (secondary N) is 1. The van der Waals surface area contributed by atoms with E-state index in [1.807, 2.05) is 6.92 Å². The lowest BCUT2D eigenvalue weighted by Crippen LogP contribution is -2.18. The van der Waals surface area contributed by atoms with Crippen molar-refractivity contribution in [2.45, 2.75) is 19.5 Å². The van der Waals surface area contributed by atoms with Crippen LogP contribution in [0.5, 0.6) is 0 Å². The average Bonchev–Trinajstić information content (AvgIpc) is 2.93. The first-order chi connectivity index (χ1) is 9.61. The molecule has 5 heteroatoms. The highest BCUT2D eigenvalue weighted by Crippen LogP contribution is 2.17. The minimum atomic E-state index is -0.442. The Hall–Kier alpha value is -2.14. The second-order valence-corrected chi connectivity index (χ2v) is 4.42. The van der Waals surface area contributed by atoms with Crippen LogP contribution in [-0.2, 0) is 11.3 Å². The van der Waals surface area contributed by atoms with E-state index in [9.17, 15) is 9.18 Å². The number of benzene rings is 1. The van der Waals surface area contributed by atoms with Gasteiger partial charge in [-0.25, -0.2) is 9.18 Å². The van der Waals surface area contributed by atoms with Crippen molar-refractivity contribution in [3.8, 4) is 0 Å². The molecule has 0 radical (unpaired) electrons. The summed E-state index contributed by atoms with van der Waals surface area (Å²) in [5, 5.41) is 3.14. The lowest BCUT2D eigenvalue weighted by molar-refractivity contribution is 0.0600. The zero-order valence-corrected chi connectivity index (χ0v) is 11.4. The third-order valence-corrected chi connectivity index (χ3v) is 3.03. The molecule has 106 valence electrons. The molecule has 1 atom stereocenters. The van der Waals surface area contributed by atoms with Gasteiger partial charge in [0.2, 0.25) is 0 Å². The van der Waals surface area contributed by atoms with Crippen molar-refractivity contribution < 1.29 is 18.3 Å². The van der Waals surface area contributed by atoms with E-state index in [1.54, 1.807) is 24.3 Å². The summed E-state index contributed by atoms with van der Waals surface area (Å²) in [4.78, 5) is 11.3. The molecular weight excluding hydrogens is 261 g/mol. The van der Waals surface area contributed by atoms with Crippen molar-refractivity contribution >= 4 is 5.97 Å². The Morgan fingerprint density at radius 3 is 2.90 bits per heavy atom. The lowest BCUT2D eigenvalue weighted by atomic mass is 10.1. The van der Waals surface area contributed by atoms with Gasteiger partial charge in [-0.05, 0) is 19.1 Å². The van der Waals surface area contributed by atoms with Crippen LogP contribution < -0.4 is 5.32 Å². The molecule has 0 saturated heterocycles. The van der Waals surface area contributed by atoms with Crippen molar-refractivity contribution in [3.05, 3.63) is 59.3 Å². The van der Waals surface area contributed by atoms with Crippen LogP contribution >= 0.6 is 0 Å². The number of hydrogen-bond acceptors (Lipinski definition) is 4. The van der Waals surface area contributed by atoms with Gasteiger partial charge >= 0.3 is 5.97 Å². The number of methoxy groups -OCH3 is 1. The SMILES string of the molecule is COC(=O)c1coc(CN[C@H](C)c2ccccc2F)c1. The second kappa shape index (κ2) is 6.34. The molecule has 0 bridgehead atoms. The van der Waals surface area contributed by atoms with Gasteiger partial charge in [0.1, 0.15) is 17.8 Å². The quantitative estimate of drug-likeness (QED) is 0.853. The number of carbonyl (C=O) groups is 1. The molecule has 1 aromatic carbocycles. The summed E-state index contributed by atoms with van der Waals surface area (Å²) in [6.07, 6.45) is 1.34. The summed E-state index contributed by atoms with van der Waals surface area (Å²) < 4.78 is 23.4. The lowest BCUT2D eigenvalue weighted by Gasteiger charge is -2.13. The number of esters is 1. The first kappa shape index (κ1) is 14.3.